The van der Waals surface area contributed by atoms with Crippen molar-refractivity contribution in [2.24, 2.45) is 5.92 Å². The molecule has 1 N–H and O–H groups in total. The SMILES string of the molecule is Cc1coc2c1[C@@](C)(OO)C1=C(CCC[C@@H]1C)C2=O. The van der Waals surface area contributed by atoms with Crippen LogP contribution in [0.2, 0.25) is 0 Å². The average molecular weight is 262 g/mol. The van der Waals surface area contributed by atoms with Crippen molar-refractivity contribution >= 4 is 5.78 Å². The molecule has 0 saturated heterocycles. The first kappa shape index (κ1) is 12.6. The number of hydrogen-bond acceptors (Lipinski definition) is 4. The summed E-state index contributed by atoms with van der Waals surface area (Å²) < 4.78 is 5.41. The fraction of sp³-hybridized carbons (Fsp3) is 0.533. The zero-order chi connectivity index (χ0) is 13.8. The number of aryl methyl sites for hydroxylation is 1. The first-order valence-corrected chi connectivity index (χ1v) is 6.70. The predicted molar refractivity (Wildman–Crippen MR) is 68.9 cm³/mol. The standard InChI is InChI=1S/C15H18O4/c1-8-5-4-6-10-11(8)15(3,19-17)12-9(2)7-18-14(12)13(10)16/h7-8,17H,4-6H2,1-3H3/t8-,15-/m0/s1. The van der Waals surface area contributed by atoms with Crippen molar-refractivity contribution in [3.8, 4) is 0 Å². The highest BCUT2D eigenvalue weighted by molar-refractivity contribution is 6.10. The highest BCUT2D eigenvalue weighted by Gasteiger charge is 2.49. The van der Waals surface area contributed by atoms with Gasteiger partial charge in [-0.1, -0.05) is 6.92 Å². The summed E-state index contributed by atoms with van der Waals surface area (Å²) >= 11 is 0. The quantitative estimate of drug-likeness (QED) is 0.620. The van der Waals surface area contributed by atoms with E-state index >= 15 is 0 Å². The molecule has 1 heterocycles. The summed E-state index contributed by atoms with van der Waals surface area (Å²) in [5.41, 5.74) is 2.23. The molecule has 3 rings (SSSR count). The zero-order valence-electron chi connectivity index (χ0n) is 11.4. The molecule has 0 bridgehead atoms. The zero-order valence-corrected chi connectivity index (χ0v) is 11.4. The molecule has 2 aliphatic carbocycles. The number of allylic oxidation sites excluding steroid dienone is 1. The molecule has 0 unspecified atom stereocenters. The summed E-state index contributed by atoms with van der Waals surface area (Å²) in [7, 11) is 0. The van der Waals surface area contributed by atoms with Crippen LogP contribution in [0, 0.1) is 12.8 Å². The second-order valence-electron chi connectivity index (χ2n) is 5.76. The minimum atomic E-state index is -0.963. The first-order valence-electron chi connectivity index (χ1n) is 6.70. The van der Waals surface area contributed by atoms with Gasteiger partial charge >= 0.3 is 0 Å². The van der Waals surface area contributed by atoms with Gasteiger partial charge in [0, 0.05) is 11.1 Å². The van der Waals surface area contributed by atoms with Crippen molar-refractivity contribution in [2.75, 3.05) is 0 Å². The van der Waals surface area contributed by atoms with E-state index in [1.54, 1.807) is 6.26 Å². The molecule has 4 nitrogen and oxygen atoms in total. The van der Waals surface area contributed by atoms with E-state index in [1.807, 2.05) is 13.8 Å². The Morgan fingerprint density at radius 1 is 1.53 bits per heavy atom. The molecule has 4 heteroatoms. The van der Waals surface area contributed by atoms with Crippen LogP contribution in [-0.4, -0.2) is 11.0 Å². The van der Waals surface area contributed by atoms with Crippen LogP contribution >= 0.6 is 0 Å². The van der Waals surface area contributed by atoms with Gasteiger partial charge in [-0.2, -0.15) is 0 Å². The maximum atomic E-state index is 12.5. The monoisotopic (exact) mass is 262 g/mol. The minimum Gasteiger partial charge on any atom is -0.460 e. The molecule has 0 aromatic carbocycles. The van der Waals surface area contributed by atoms with Crippen molar-refractivity contribution in [1.82, 2.24) is 0 Å². The van der Waals surface area contributed by atoms with Crippen LogP contribution in [0.15, 0.2) is 21.8 Å². The van der Waals surface area contributed by atoms with Crippen molar-refractivity contribution in [3.05, 3.63) is 34.3 Å². The first-order chi connectivity index (χ1) is 9.00. The maximum Gasteiger partial charge on any atom is 0.224 e. The molecule has 19 heavy (non-hydrogen) atoms. The summed E-state index contributed by atoms with van der Waals surface area (Å²) in [6.45, 7) is 5.77. The second-order valence-corrected chi connectivity index (χ2v) is 5.76. The van der Waals surface area contributed by atoms with Crippen LogP contribution in [0.25, 0.3) is 0 Å². The lowest BCUT2D eigenvalue weighted by Gasteiger charge is -2.40. The van der Waals surface area contributed by atoms with Gasteiger partial charge in [0.1, 0.15) is 0 Å². The van der Waals surface area contributed by atoms with Crippen LogP contribution in [0.4, 0.5) is 0 Å². The van der Waals surface area contributed by atoms with E-state index in [-0.39, 0.29) is 11.7 Å². The Balaban J connectivity index is 2.31. The summed E-state index contributed by atoms with van der Waals surface area (Å²) in [5.74, 6) is 0.508. The van der Waals surface area contributed by atoms with E-state index in [9.17, 15) is 10.1 Å². The number of rotatable bonds is 1. The van der Waals surface area contributed by atoms with Gasteiger partial charge in [-0.15, -0.1) is 0 Å². The molecule has 102 valence electrons. The van der Waals surface area contributed by atoms with Gasteiger partial charge in [0.15, 0.2) is 11.4 Å². The number of furan rings is 1. The fourth-order valence-electron chi connectivity index (χ4n) is 3.73. The van der Waals surface area contributed by atoms with Crippen LogP contribution in [0.3, 0.4) is 0 Å². The van der Waals surface area contributed by atoms with Crippen molar-refractivity contribution in [2.45, 2.75) is 45.6 Å². The maximum absolute atomic E-state index is 12.5. The predicted octanol–water partition coefficient (Wildman–Crippen LogP) is 3.61. The third-order valence-corrected chi connectivity index (χ3v) is 4.51. The van der Waals surface area contributed by atoms with Crippen LogP contribution in [0.5, 0.6) is 0 Å². The van der Waals surface area contributed by atoms with Gasteiger partial charge in [-0.3, -0.25) is 10.1 Å². The Hall–Kier alpha value is -1.39. The Kier molecular flexibility index (Phi) is 2.69. The van der Waals surface area contributed by atoms with Crippen LogP contribution < -0.4 is 0 Å². The summed E-state index contributed by atoms with van der Waals surface area (Å²) in [6, 6.07) is 0. The van der Waals surface area contributed by atoms with Crippen molar-refractivity contribution in [3.63, 3.8) is 0 Å². The lowest BCUT2D eigenvalue weighted by Crippen LogP contribution is -2.39. The highest BCUT2D eigenvalue weighted by Crippen LogP contribution is 2.50. The van der Waals surface area contributed by atoms with E-state index in [2.05, 4.69) is 6.92 Å². The van der Waals surface area contributed by atoms with Gasteiger partial charge in [0.2, 0.25) is 5.78 Å². The number of hydrogen-bond donors (Lipinski definition) is 1. The molecular formula is C15H18O4. The number of carbonyl (C=O) groups is 1. The third kappa shape index (κ3) is 1.50. The molecule has 1 aromatic rings. The number of fused-ring (bicyclic) bond motifs is 1. The van der Waals surface area contributed by atoms with Crippen molar-refractivity contribution < 1.29 is 19.4 Å². The molecule has 0 amide bonds. The highest BCUT2D eigenvalue weighted by atomic mass is 17.1. The molecule has 0 saturated carbocycles. The minimum absolute atomic E-state index is 0.0424. The van der Waals surface area contributed by atoms with E-state index in [4.69, 9.17) is 9.30 Å². The molecule has 0 fully saturated rings. The summed E-state index contributed by atoms with van der Waals surface area (Å²) in [5, 5.41) is 9.50. The summed E-state index contributed by atoms with van der Waals surface area (Å²) in [6.07, 6.45) is 4.29. The largest absolute Gasteiger partial charge is 0.460 e. The topological polar surface area (TPSA) is 59.7 Å². The normalized spacial score (nSPS) is 30.3. The molecule has 2 atom stereocenters. The van der Waals surface area contributed by atoms with Crippen LogP contribution in [0.1, 0.15) is 54.8 Å². The number of ketones is 1. The summed E-state index contributed by atoms with van der Waals surface area (Å²) in [4.78, 5) is 17.4. The van der Waals surface area contributed by atoms with E-state index in [1.165, 1.54) is 0 Å². The lowest BCUT2D eigenvalue weighted by molar-refractivity contribution is -0.313. The van der Waals surface area contributed by atoms with E-state index in [0.29, 0.717) is 11.3 Å². The number of Topliss-reactive ketones (excluding diaryl/α,β-unsaturated/α-hetero) is 1. The molecule has 0 spiro atoms. The van der Waals surface area contributed by atoms with Crippen molar-refractivity contribution in [1.29, 1.82) is 0 Å². The fourth-order valence-corrected chi connectivity index (χ4v) is 3.73. The molecule has 0 aliphatic heterocycles. The Morgan fingerprint density at radius 2 is 2.26 bits per heavy atom. The molecular weight excluding hydrogens is 244 g/mol. The van der Waals surface area contributed by atoms with Crippen LogP contribution in [-0.2, 0) is 10.5 Å². The average Bonchev–Trinajstić information content (AvgIpc) is 2.79. The Bertz CT molecular complexity index is 581. The molecule has 1 aromatic heterocycles. The van der Waals surface area contributed by atoms with Gasteiger partial charge in [-0.05, 0) is 50.2 Å². The lowest BCUT2D eigenvalue weighted by atomic mass is 9.67. The Labute approximate surface area is 112 Å². The molecule has 2 aliphatic rings. The smallest absolute Gasteiger partial charge is 0.224 e. The van der Waals surface area contributed by atoms with E-state index < -0.39 is 5.60 Å². The second kappa shape index (κ2) is 4.05. The molecule has 0 radical (unpaired) electrons. The third-order valence-electron chi connectivity index (χ3n) is 4.51. The van der Waals surface area contributed by atoms with Gasteiger partial charge in [0.05, 0.1) is 6.26 Å². The van der Waals surface area contributed by atoms with Gasteiger partial charge in [-0.25, -0.2) is 4.89 Å². The Morgan fingerprint density at radius 3 is 2.95 bits per heavy atom. The number of carbonyl (C=O) groups excluding carboxylic acids is 1. The van der Waals surface area contributed by atoms with Gasteiger partial charge in [0.25, 0.3) is 0 Å². The van der Waals surface area contributed by atoms with E-state index in [0.717, 1.165) is 36.0 Å². The van der Waals surface area contributed by atoms with Gasteiger partial charge < -0.3 is 4.42 Å².